The lowest BCUT2D eigenvalue weighted by atomic mass is 9.84. The molecule has 0 radical (unpaired) electrons. The highest BCUT2D eigenvalue weighted by molar-refractivity contribution is 5.29. The molecule has 3 heteroatoms. The molecule has 2 rings (SSSR count). The third-order valence-electron chi connectivity index (χ3n) is 4.32. The first-order valence-electron chi connectivity index (χ1n) is 7.32. The number of benzene rings is 1. The van der Waals surface area contributed by atoms with Crippen LogP contribution >= 0.6 is 0 Å². The second-order valence-electron chi connectivity index (χ2n) is 5.78. The lowest BCUT2D eigenvalue weighted by molar-refractivity contribution is 0.267. The van der Waals surface area contributed by atoms with E-state index in [9.17, 15) is 9.50 Å². The van der Waals surface area contributed by atoms with E-state index in [1.54, 1.807) is 12.1 Å². The van der Waals surface area contributed by atoms with Gasteiger partial charge in [-0.3, -0.25) is 0 Å². The third kappa shape index (κ3) is 3.69. The van der Waals surface area contributed by atoms with E-state index < -0.39 is 0 Å². The number of rotatable bonds is 4. The largest absolute Gasteiger partial charge is 0.508 e. The van der Waals surface area contributed by atoms with Crippen LogP contribution in [0.4, 0.5) is 4.39 Å². The zero-order valence-electron chi connectivity index (χ0n) is 11.8. The number of nitrogens with one attached hydrogen (secondary N) is 1. The summed E-state index contributed by atoms with van der Waals surface area (Å²) in [5, 5.41) is 12.7. The molecule has 1 unspecified atom stereocenters. The summed E-state index contributed by atoms with van der Waals surface area (Å²) in [4.78, 5) is 0. The van der Waals surface area contributed by atoms with Gasteiger partial charge in [-0.2, -0.15) is 0 Å². The topological polar surface area (TPSA) is 32.3 Å². The van der Waals surface area contributed by atoms with Gasteiger partial charge in [-0.05, 0) is 38.7 Å². The molecule has 1 aliphatic carbocycles. The van der Waals surface area contributed by atoms with Crippen LogP contribution in [0.5, 0.6) is 5.75 Å². The zero-order chi connectivity index (χ0) is 13.8. The predicted octanol–water partition coefficient (Wildman–Crippen LogP) is 4.15. The van der Waals surface area contributed by atoms with E-state index in [0.29, 0.717) is 17.5 Å². The van der Waals surface area contributed by atoms with E-state index in [0.717, 1.165) is 0 Å². The summed E-state index contributed by atoms with van der Waals surface area (Å²) >= 11 is 0. The van der Waals surface area contributed by atoms with Gasteiger partial charge in [0.2, 0.25) is 0 Å². The maximum Gasteiger partial charge on any atom is 0.131 e. The molecule has 0 aromatic heterocycles. The van der Waals surface area contributed by atoms with Crippen LogP contribution in [-0.2, 0) is 0 Å². The Morgan fingerprint density at radius 1 is 1.21 bits per heavy atom. The van der Waals surface area contributed by atoms with E-state index >= 15 is 0 Å². The molecule has 1 aromatic carbocycles. The Hall–Kier alpha value is -1.09. The molecule has 0 aliphatic heterocycles. The monoisotopic (exact) mass is 265 g/mol. The van der Waals surface area contributed by atoms with Gasteiger partial charge in [-0.1, -0.05) is 25.3 Å². The summed E-state index contributed by atoms with van der Waals surface area (Å²) in [6.45, 7) is 4.18. The van der Waals surface area contributed by atoms with Crippen molar-refractivity contribution in [1.29, 1.82) is 0 Å². The first-order chi connectivity index (χ1) is 9.08. The molecule has 2 atom stereocenters. The van der Waals surface area contributed by atoms with Crippen LogP contribution in [0.1, 0.15) is 57.6 Å². The highest BCUT2D eigenvalue weighted by Gasteiger charge is 2.22. The van der Waals surface area contributed by atoms with Crippen LogP contribution < -0.4 is 5.32 Å². The Bertz CT molecular complexity index is 415. The zero-order valence-corrected chi connectivity index (χ0v) is 11.8. The lowest BCUT2D eigenvalue weighted by Gasteiger charge is -2.31. The molecule has 1 aromatic rings. The highest BCUT2D eigenvalue weighted by Crippen LogP contribution is 2.28. The Morgan fingerprint density at radius 2 is 1.89 bits per heavy atom. The molecule has 0 bridgehead atoms. The van der Waals surface area contributed by atoms with Crippen molar-refractivity contribution in [3.8, 4) is 5.75 Å². The lowest BCUT2D eigenvalue weighted by Crippen LogP contribution is -2.36. The van der Waals surface area contributed by atoms with E-state index in [1.165, 1.54) is 38.2 Å². The average molecular weight is 265 g/mol. The van der Waals surface area contributed by atoms with Gasteiger partial charge in [0.15, 0.2) is 0 Å². The van der Waals surface area contributed by atoms with Crippen molar-refractivity contribution in [2.75, 3.05) is 0 Å². The van der Waals surface area contributed by atoms with Gasteiger partial charge in [0.1, 0.15) is 11.6 Å². The fourth-order valence-electron chi connectivity index (χ4n) is 3.12. The molecular formula is C16H24FNO. The van der Waals surface area contributed by atoms with Crippen LogP contribution in [0, 0.1) is 11.7 Å². The van der Waals surface area contributed by atoms with Gasteiger partial charge < -0.3 is 10.4 Å². The van der Waals surface area contributed by atoms with Crippen molar-refractivity contribution in [3.05, 3.63) is 29.6 Å². The number of halogens is 1. The third-order valence-corrected chi connectivity index (χ3v) is 4.32. The van der Waals surface area contributed by atoms with Gasteiger partial charge in [0, 0.05) is 23.7 Å². The van der Waals surface area contributed by atoms with Crippen molar-refractivity contribution in [2.24, 2.45) is 5.92 Å². The van der Waals surface area contributed by atoms with Crippen LogP contribution in [-0.4, -0.2) is 11.1 Å². The van der Waals surface area contributed by atoms with E-state index in [1.807, 2.05) is 6.92 Å². The number of phenolic OH excluding ortho intramolecular Hbond substituents is 1. The summed E-state index contributed by atoms with van der Waals surface area (Å²) < 4.78 is 13.8. The summed E-state index contributed by atoms with van der Waals surface area (Å²) in [5.41, 5.74) is 0.625. The average Bonchev–Trinajstić information content (AvgIpc) is 2.39. The van der Waals surface area contributed by atoms with Crippen LogP contribution in [0.25, 0.3) is 0 Å². The van der Waals surface area contributed by atoms with Crippen molar-refractivity contribution < 1.29 is 9.50 Å². The fraction of sp³-hybridized carbons (Fsp3) is 0.625. The summed E-state index contributed by atoms with van der Waals surface area (Å²) in [6.07, 6.45) is 6.54. The normalized spacial score (nSPS) is 20.2. The standard InChI is InChI=1S/C16H24FNO/c1-11(13-6-4-3-5-7-13)18-12(2)15-9-8-14(19)10-16(15)17/h8-13,18-19H,3-7H2,1-2H3/t11-,12?/m0/s1. The van der Waals surface area contributed by atoms with Crippen molar-refractivity contribution in [2.45, 2.75) is 58.0 Å². The molecule has 19 heavy (non-hydrogen) atoms. The highest BCUT2D eigenvalue weighted by atomic mass is 19.1. The molecule has 106 valence electrons. The maximum atomic E-state index is 13.8. The summed E-state index contributed by atoms with van der Waals surface area (Å²) in [5.74, 6) is 0.348. The Morgan fingerprint density at radius 3 is 2.53 bits per heavy atom. The molecule has 2 nitrogen and oxygen atoms in total. The molecule has 1 saturated carbocycles. The van der Waals surface area contributed by atoms with Crippen LogP contribution in [0.15, 0.2) is 18.2 Å². The Labute approximate surface area is 115 Å². The molecule has 1 fully saturated rings. The first kappa shape index (κ1) is 14.3. The van der Waals surface area contributed by atoms with Crippen molar-refractivity contribution in [3.63, 3.8) is 0 Å². The minimum absolute atomic E-state index is 0.0196. The maximum absolute atomic E-state index is 13.8. The number of hydrogen-bond acceptors (Lipinski definition) is 2. The molecule has 0 spiro atoms. The second kappa shape index (κ2) is 6.38. The predicted molar refractivity (Wildman–Crippen MR) is 75.7 cm³/mol. The van der Waals surface area contributed by atoms with Crippen molar-refractivity contribution >= 4 is 0 Å². The Kier molecular flexibility index (Phi) is 4.81. The molecule has 1 aliphatic rings. The fourth-order valence-corrected chi connectivity index (χ4v) is 3.12. The van der Waals surface area contributed by atoms with Gasteiger partial charge >= 0.3 is 0 Å². The summed E-state index contributed by atoms with van der Waals surface area (Å²) in [7, 11) is 0. The smallest absolute Gasteiger partial charge is 0.131 e. The minimum atomic E-state index is -0.337. The molecular weight excluding hydrogens is 241 g/mol. The van der Waals surface area contributed by atoms with E-state index in [2.05, 4.69) is 12.2 Å². The first-order valence-corrected chi connectivity index (χ1v) is 7.32. The number of aromatic hydroxyl groups is 1. The second-order valence-corrected chi connectivity index (χ2v) is 5.78. The molecule has 0 amide bonds. The Balaban J connectivity index is 1.97. The van der Waals surface area contributed by atoms with E-state index in [-0.39, 0.29) is 17.6 Å². The van der Waals surface area contributed by atoms with E-state index in [4.69, 9.17) is 0 Å². The molecule has 0 saturated heterocycles. The van der Waals surface area contributed by atoms with Gasteiger partial charge in [-0.15, -0.1) is 0 Å². The quantitative estimate of drug-likeness (QED) is 0.857. The minimum Gasteiger partial charge on any atom is -0.508 e. The van der Waals surface area contributed by atoms with Gasteiger partial charge in [0.25, 0.3) is 0 Å². The number of phenols is 1. The van der Waals surface area contributed by atoms with Crippen molar-refractivity contribution in [1.82, 2.24) is 5.32 Å². The SMILES string of the molecule is CC(N[C@@H](C)C1CCCCC1)c1ccc(O)cc1F. The summed E-state index contributed by atoms with van der Waals surface area (Å²) in [6, 6.07) is 4.76. The molecule has 2 N–H and O–H groups in total. The van der Waals surface area contributed by atoms with Crippen LogP contribution in [0.2, 0.25) is 0 Å². The van der Waals surface area contributed by atoms with Crippen LogP contribution in [0.3, 0.4) is 0 Å². The van der Waals surface area contributed by atoms with Gasteiger partial charge in [-0.25, -0.2) is 4.39 Å². The number of hydrogen-bond donors (Lipinski definition) is 2. The van der Waals surface area contributed by atoms with Gasteiger partial charge in [0.05, 0.1) is 0 Å². The molecule has 0 heterocycles.